The summed E-state index contributed by atoms with van der Waals surface area (Å²) in [4.78, 5) is 15.8. The lowest BCUT2D eigenvalue weighted by Crippen LogP contribution is -2.29. The van der Waals surface area contributed by atoms with Gasteiger partial charge in [-0.3, -0.25) is 4.79 Å². The number of carbonyl (C=O) groups excluding carboxylic acids is 1. The van der Waals surface area contributed by atoms with E-state index in [9.17, 15) is 18.0 Å². The van der Waals surface area contributed by atoms with Crippen LogP contribution in [0.2, 0.25) is 5.02 Å². The molecule has 0 aliphatic carbocycles. The second kappa shape index (κ2) is 8.06. The first-order valence-corrected chi connectivity index (χ1v) is 7.58. The van der Waals surface area contributed by atoms with E-state index in [1.165, 1.54) is 19.2 Å². The molecule has 0 radical (unpaired) electrons. The Balaban J connectivity index is 1.85. The highest BCUT2D eigenvalue weighted by Gasteiger charge is 2.30. The third-order valence-corrected chi connectivity index (χ3v) is 3.45. The lowest BCUT2D eigenvalue weighted by atomic mass is 10.2. The molecule has 2 rings (SSSR count). The number of halogens is 4. The van der Waals surface area contributed by atoms with Crippen LogP contribution in [-0.2, 0) is 6.18 Å². The van der Waals surface area contributed by atoms with E-state index in [-0.39, 0.29) is 24.8 Å². The number of methoxy groups -OCH3 is 1. The zero-order valence-corrected chi connectivity index (χ0v) is 13.9. The van der Waals surface area contributed by atoms with Gasteiger partial charge in [-0.15, -0.1) is 0 Å². The fraction of sp³-hybridized carbons (Fsp3) is 0.250. The zero-order valence-electron chi connectivity index (χ0n) is 13.2. The van der Waals surface area contributed by atoms with Crippen LogP contribution in [0.15, 0.2) is 36.5 Å². The minimum absolute atomic E-state index is 0.233. The molecule has 25 heavy (non-hydrogen) atoms. The first kappa shape index (κ1) is 18.9. The van der Waals surface area contributed by atoms with Crippen LogP contribution < -0.4 is 15.4 Å². The summed E-state index contributed by atoms with van der Waals surface area (Å²) < 4.78 is 42.4. The number of rotatable bonds is 6. The van der Waals surface area contributed by atoms with Crippen molar-refractivity contribution in [3.05, 3.63) is 52.7 Å². The van der Waals surface area contributed by atoms with Crippen molar-refractivity contribution in [3.8, 4) is 5.75 Å². The highest BCUT2D eigenvalue weighted by atomic mass is 35.5. The first-order chi connectivity index (χ1) is 11.8. The molecule has 0 fully saturated rings. The molecule has 1 aromatic carbocycles. The monoisotopic (exact) mass is 373 g/mol. The van der Waals surface area contributed by atoms with Crippen LogP contribution in [0.5, 0.6) is 5.75 Å². The Morgan fingerprint density at radius 1 is 1.24 bits per heavy atom. The van der Waals surface area contributed by atoms with Crippen molar-refractivity contribution >= 4 is 23.3 Å². The number of alkyl halides is 3. The molecule has 0 aliphatic heterocycles. The molecule has 5 nitrogen and oxygen atoms in total. The van der Waals surface area contributed by atoms with Gasteiger partial charge in [-0.05, 0) is 30.3 Å². The van der Waals surface area contributed by atoms with Crippen LogP contribution in [0.4, 0.5) is 19.0 Å². The molecule has 0 saturated carbocycles. The number of nitrogens with one attached hydrogen (secondary N) is 2. The average Bonchev–Trinajstić information content (AvgIpc) is 2.58. The van der Waals surface area contributed by atoms with Crippen molar-refractivity contribution in [2.24, 2.45) is 0 Å². The van der Waals surface area contributed by atoms with E-state index in [1.54, 1.807) is 12.1 Å². The van der Waals surface area contributed by atoms with Crippen molar-refractivity contribution in [2.75, 3.05) is 25.5 Å². The van der Waals surface area contributed by atoms with Crippen LogP contribution >= 0.6 is 11.6 Å². The van der Waals surface area contributed by atoms with Gasteiger partial charge in [-0.2, -0.15) is 13.2 Å². The van der Waals surface area contributed by atoms with Gasteiger partial charge in [0.2, 0.25) is 0 Å². The fourth-order valence-electron chi connectivity index (χ4n) is 1.99. The van der Waals surface area contributed by atoms with Crippen LogP contribution in [0.3, 0.4) is 0 Å². The van der Waals surface area contributed by atoms with Gasteiger partial charge in [0.1, 0.15) is 11.6 Å². The molecule has 2 aromatic rings. The molecule has 2 N–H and O–H groups in total. The molecule has 0 atom stereocenters. The van der Waals surface area contributed by atoms with Gasteiger partial charge in [-0.25, -0.2) is 4.98 Å². The Bertz CT molecular complexity index is 736. The van der Waals surface area contributed by atoms with Gasteiger partial charge in [0.25, 0.3) is 5.91 Å². The lowest BCUT2D eigenvalue weighted by molar-refractivity contribution is -0.137. The summed E-state index contributed by atoms with van der Waals surface area (Å²) in [5.41, 5.74) is -0.526. The summed E-state index contributed by atoms with van der Waals surface area (Å²) in [7, 11) is 1.44. The minimum atomic E-state index is -4.42. The number of hydrogen-bond acceptors (Lipinski definition) is 4. The van der Waals surface area contributed by atoms with Crippen molar-refractivity contribution in [1.29, 1.82) is 0 Å². The van der Waals surface area contributed by atoms with Gasteiger partial charge < -0.3 is 15.4 Å². The Kier molecular flexibility index (Phi) is 6.08. The van der Waals surface area contributed by atoms with E-state index in [4.69, 9.17) is 16.3 Å². The zero-order chi connectivity index (χ0) is 18.4. The van der Waals surface area contributed by atoms with Gasteiger partial charge in [0.15, 0.2) is 0 Å². The Hall–Kier alpha value is -2.48. The molecule has 1 aromatic heterocycles. The highest BCUT2D eigenvalue weighted by Crippen LogP contribution is 2.28. The average molecular weight is 374 g/mol. The molecular weight excluding hydrogens is 359 g/mol. The number of amides is 1. The maximum atomic E-state index is 12.4. The fourth-order valence-corrected chi connectivity index (χ4v) is 2.16. The topological polar surface area (TPSA) is 63.2 Å². The number of benzene rings is 1. The third kappa shape index (κ3) is 5.25. The number of anilines is 1. The summed E-state index contributed by atoms with van der Waals surface area (Å²) in [5, 5.41) is 5.88. The summed E-state index contributed by atoms with van der Waals surface area (Å²) >= 11 is 5.87. The second-order valence-electron chi connectivity index (χ2n) is 4.96. The predicted octanol–water partition coefficient (Wildman–Crippen LogP) is 3.60. The number of carbonyl (C=O) groups is 1. The van der Waals surface area contributed by atoms with Gasteiger partial charge in [-0.1, -0.05) is 11.6 Å². The standard InChI is InChI=1S/C16H15ClF3N3O2/c1-25-13-4-3-11(17)8-12(13)15(24)22-7-6-21-14-5-2-10(9-23-14)16(18,19)20/h2-5,8-9H,6-7H2,1H3,(H,21,23)(H,22,24). The quantitative estimate of drug-likeness (QED) is 0.759. The van der Waals surface area contributed by atoms with Crippen LogP contribution in [0, 0.1) is 0 Å². The van der Waals surface area contributed by atoms with Crippen LogP contribution in [0.1, 0.15) is 15.9 Å². The lowest BCUT2D eigenvalue weighted by Gasteiger charge is -2.11. The Morgan fingerprint density at radius 2 is 2.00 bits per heavy atom. The molecule has 1 amide bonds. The smallest absolute Gasteiger partial charge is 0.417 e. The van der Waals surface area contributed by atoms with Gasteiger partial charge >= 0.3 is 6.18 Å². The Morgan fingerprint density at radius 3 is 2.60 bits per heavy atom. The van der Waals surface area contributed by atoms with Crippen molar-refractivity contribution in [3.63, 3.8) is 0 Å². The van der Waals surface area contributed by atoms with Crippen molar-refractivity contribution < 1.29 is 22.7 Å². The molecule has 134 valence electrons. The van der Waals surface area contributed by atoms with E-state index >= 15 is 0 Å². The maximum absolute atomic E-state index is 12.4. The Labute approximate surface area is 147 Å². The summed E-state index contributed by atoms with van der Waals surface area (Å²) in [6.45, 7) is 0.518. The van der Waals surface area contributed by atoms with E-state index in [0.29, 0.717) is 16.3 Å². The predicted molar refractivity (Wildman–Crippen MR) is 88.1 cm³/mol. The molecule has 0 aliphatic rings. The van der Waals surface area contributed by atoms with Crippen molar-refractivity contribution in [2.45, 2.75) is 6.18 Å². The van der Waals surface area contributed by atoms with Crippen LogP contribution in [-0.4, -0.2) is 31.1 Å². The number of hydrogen-bond donors (Lipinski definition) is 2. The van der Waals surface area contributed by atoms with E-state index < -0.39 is 11.7 Å². The maximum Gasteiger partial charge on any atom is 0.417 e. The molecule has 9 heteroatoms. The number of ether oxygens (including phenoxy) is 1. The normalized spacial score (nSPS) is 11.1. The molecule has 0 bridgehead atoms. The van der Waals surface area contributed by atoms with E-state index in [1.807, 2.05) is 0 Å². The van der Waals surface area contributed by atoms with E-state index in [2.05, 4.69) is 15.6 Å². The summed E-state index contributed by atoms with van der Waals surface area (Å²) in [6.07, 6.45) is -3.67. The first-order valence-electron chi connectivity index (χ1n) is 7.20. The summed E-state index contributed by atoms with van der Waals surface area (Å²) in [5.74, 6) is 0.295. The molecule has 1 heterocycles. The van der Waals surface area contributed by atoms with Gasteiger partial charge in [0.05, 0.1) is 18.2 Å². The molecule has 0 unspecified atom stereocenters. The largest absolute Gasteiger partial charge is 0.496 e. The van der Waals surface area contributed by atoms with Crippen LogP contribution in [0.25, 0.3) is 0 Å². The van der Waals surface area contributed by atoms with E-state index in [0.717, 1.165) is 12.3 Å². The minimum Gasteiger partial charge on any atom is -0.496 e. The molecule has 0 spiro atoms. The number of pyridine rings is 1. The van der Waals surface area contributed by atoms with Crippen molar-refractivity contribution in [1.82, 2.24) is 10.3 Å². The molecule has 0 saturated heterocycles. The molecular formula is C16H15ClF3N3O2. The highest BCUT2D eigenvalue weighted by molar-refractivity contribution is 6.31. The summed E-state index contributed by atoms with van der Waals surface area (Å²) in [6, 6.07) is 6.84. The number of aromatic nitrogens is 1. The number of nitrogens with zero attached hydrogens (tertiary/aromatic N) is 1. The second-order valence-corrected chi connectivity index (χ2v) is 5.39. The third-order valence-electron chi connectivity index (χ3n) is 3.21. The SMILES string of the molecule is COc1ccc(Cl)cc1C(=O)NCCNc1ccc(C(F)(F)F)cn1. The van der Waals surface area contributed by atoms with Gasteiger partial charge in [0, 0.05) is 24.3 Å².